The van der Waals surface area contributed by atoms with Crippen LogP contribution in [0.4, 0.5) is 10.5 Å². The van der Waals surface area contributed by atoms with E-state index in [0.717, 1.165) is 16.9 Å². The van der Waals surface area contributed by atoms with Crippen molar-refractivity contribution < 1.29 is 24.9 Å². The molecule has 186 valence electrons. The van der Waals surface area contributed by atoms with Crippen molar-refractivity contribution >= 4 is 11.7 Å². The van der Waals surface area contributed by atoms with Crippen molar-refractivity contribution in [3.05, 3.63) is 89.0 Å². The average Bonchev–Trinajstić information content (AvgIpc) is 2.86. The van der Waals surface area contributed by atoms with Crippen LogP contribution in [-0.2, 0) is 19.6 Å². The van der Waals surface area contributed by atoms with Crippen molar-refractivity contribution in [1.29, 1.82) is 0 Å². The SMILES string of the molecule is COc1ccccc1CNC(=O)Nc1cccc(C[C@H](C)NC[C@@H](O)c2ccc(O)c(CO)c2)c1. The molecule has 2 atom stereocenters. The molecule has 0 saturated carbocycles. The molecule has 0 aromatic heterocycles. The molecule has 0 heterocycles. The molecule has 3 aromatic rings. The first kappa shape index (κ1) is 26.0. The Kier molecular flexibility index (Phi) is 9.48. The van der Waals surface area contributed by atoms with Crippen LogP contribution in [0.2, 0.25) is 0 Å². The molecule has 0 aliphatic heterocycles. The fraction of sp³-hybridized carbons (Fsp3) is 0.296. The van der Waals surface area contributed by atoms with Crippen LogP contribution in [0.15, 0.2) is 66.7 Å². The minimum Gasteiger partial charge on any atom is -0.508 e. The minimum absolute atomic E-state index is 0.00624. The summed E-state index contributed by atoms with van der Waals surface area (Å²) in [6.07, 6.45) is -0.0778. The van der Waals surface area contributed by atoms with Crippen LogP contribution in [-0.4, -0.2) is 41.0 Å². The third-order valence-corrected chi connectivity index (χ3v) is 5.68. The molecule has 0 fully saturated rings. The van der Waals surface area contributed by atoms with Gasteiger partial charge in [-0.15, -0.1) is 0 Å². The second-order valence-electron chi connectivity index (χ2n) is 8.40. The molecule has 0 aliphatic carbocycles. The van der Waals surface area contributed by atoms with Gasteiger partial charge in [0.1, 0.15) is 11.5 Å². The topological polar surface area (TPSA) is 123 Å². The number of aliphatic hydroxyl groups is 2. The van der Waals surface area contributed by atoms with E-state index in [2.05, 4.69) is 16.0 Å². The molecule has 0 unspecified atom stereocenters. The number of rotatable bonds is 11. The zero-order valence-electron chi connectivity index (χ0n) is 20.0. The molecule has 35 heavy (non-hydrogen) atoms. The summed E-state index contributed by atoms with van der Waals surface area (Å²) in [6.45, 7) is 2.39. The third kappa shape index (κ3) is 7.71. The van der Waals surface area contributed by atoms with E-state index in [-0.39, 0.29) is 24.4 Å². The second-order valence-corrected chi connectivity index (χ2v) is 8.40. The summed E-state index contributed by atoms with van der Waals surface area (Å²) in [6, 6.07) is 19.6. The predicted molar refractivity (Wildman–Crippen MR) is 135 cm³/mol. The van der Waals surface area contributed by atoms with Gasteiger partial charge in [-0.25, -0.2) is 4.79 Å². The smallest absolute Gasteiger partial charge is 0.319 e. The van der Waals surface area contributed by atoms with Crippen LogP contribution in [0.1, 0.15) is 35.3 Å². The van der Waals surface area contributed by atoms with Gasteiger partial charge in [0.2, 0.25) is 0 Å². The Morgan fingerprint density at radius 1 is 1.03 bits per heavy atom. The number of para-hydroxylation sites is 1. The molecule has 3 aromatic carbocycles. The Morgan fingerprint density at radius 2 is 1.83 bits per heavy atom. The summed E-state index contributed by atoms with van der Waals surface area (Å²) in [4.78, 5) is 12.4. The fourth-order valence-electron chi connectivity index (χ4n) is 3.77. The predicted octanol–water partition coefficient (Wildman–Crippen LogP) is 3.47. The molecular weight excluding hydrogens is 446 g/mol. The van der Waals surface area contributed by atoms with E-state index >= 15 is 0 Å². The Hall–Kier alpha value is -3.59. The summed E-state index contributed by atoms with van der Waals surface area (Å²) < 4.78 is 5.31. The Balaban J connectivity index is 1.48. The Labute approximate surface area is 205 Å². The zero-order chi connectivity index (χ0) is 25.2. The van der Waals surface area contributed by atoms with Crippen molar-refractivity contribution in [2.75, 3.05) is 19.0 Å². The summed E-state index contributed by atoms with van der Waals surface area (Å²) in [5.41, 5.74) is 3.62. The first-order valence-corrected chi connectivity index (χ1v) is 11.5. The monoisotopic (exact) mass is 479 g/mol. The minimum atomic E-state index is -0.775. The van der Waals surface area contributed by atoms with Crippen LogP contribution in [0.25, 0.3) is 0 Å². The normalized spacial score (nSPS) is 12.6. The molecular formula is C27H33N3O5. The molecule has 6 N–H and O–H groups in total. The van der Waals surface area contributed by atoms with Crippen LogP contribution >= 0.6 is 0 Å². The third-order valence-electron chi connectivity index (χ3n) is 5.68. The summed E-state index contributed by atoms with van der Waals surface area (Å²) in [5, 5.41) is 38.5. The Morgan fingerprint density at radius 3 is 2.60 bits per heavy atom. The largest absolute Gasteiger partial charge is 0.508 e. The van der Waals surface area contributed by atoms with Gasteiger partial charge in [-0.2, -0.15) is 0 Å². The number of amides is 2. The molecule has 3 rings (SSSR count). The van der Waals surface area contributed by atoms with Crippen LogP contribution in [0, 0.1) is 0 Å². The Bertz CT molecular complexity index is 1120. The van der Waals surface area contributed by atoms with Gasteiger partial charge in [0.25, 0.3) is 0 Å². The van der Waals surface area contributed by atoms with E-state index in [4.69, 9.17) is 4.74 Å². The lowest BCUT2D eigenvalue weighted by molar-refractivity contribution is 0.170. The maximum Gasteiger partial charge on any atom is 0.319 e. The molecule has 0 aliphatic rings. The molecule has 2 amide bonds. The molecule has 0 bridgehead atoms. The first-order chi connectivity index (χ1) is 16.9. The highest BCUT2D eigenvalue weighted by Crippen LogP contribution is 2.22. The lowest BCUT2D eigenvalue weighted by Crippen LogP contribution is -2.32. The van der Waals surface area contributed by atoms with Crippen LogP contribution < -0.4 is 20.7 Å². The molecule has 0 radical (unpaired) electrons. The van der Waals surface area contributed by atoms with Gasteiger partial charge in [0.15, 0.2) is 0 Å². The van der Waals surface area contributed by atoms with E-state index in [1.807, 2.05) is 55.5 Å². The molecule has 0 saturated heterocycles. The number of benzene rings is 3. The van der Waals surface area contributed by atoms with Crippen LogP contribution in [0.5, 0.6) is 11.5 Å². The fourth-order valence-corrected chi connectivity index (χ4v) is 3.77. The zero-order valence-corrected chi connectivity index (χ0v) is 20.0. The lowest BCUT2D eigenvalue weighted by atomic mass is 10.0. The second kappa shape index (κ2) is 12.8. The number of ether oxygens (including phenoxy) is 1. The molecule has 8 heteroatoms. The number of anilines is 1. The van der Waals surface area contributed by atoms with Crippen LogP contribution in [0.3, 0.4) is 0 Å². The highest BCUT2D eigenvalue weighted by atomic mass is 16.5. The van der Waals surface area contributed by atoms with Gasteiger partial charge in [-0.1, -0.05) is 36.4 Å². The van der Waals surface area contributed by atoms with E-state index in [1.54, 1.807) is 19.2 Å². The van der Waals surface area contributed by atoms with Gasteiger partial charge in [0.05, 0.1) is 19.8 Å². The average molecular weight is 480 g/mol. The van der Waals surface area contributed by atoms with E-state index in [0.29, 0.717) is 36.3 Å². The van der Waals surface area contributed by atoms with Gasteiger partial charge in [-0.05, 0) is 54.8 Å². The maximum atomic E-state index is 12.4. The number of methoxy groups -OCH3 is 1. The van der Waals surface area contributed by atoms with Crippen molar-refractivity contribution in [2.24, 2.45) is 0 Å². The van der Waals surface area contributed by atoms with Crippen molar-refractivity contribution in [3.8, 4) is 11.5 Å². The van der Waals surface area contributed by atoms with Crippen molar-refractivity contribution in [3.63, 3.8) is 0 Å². The van der Waals surface area contributed by atoms with Crippen molar-refractivity contribution in [1.82, 2.24) is 10.6 Å². The van der Waals surface area contributed by atoms with Gasteiger partial charge < -0.3 is 36.0 Å². The summed E-state index contributed by atoms with van der Waals surface area (Å²) in [7, 11) is 1.60. The number of carbonyl (C=O) groups is 1. The number of urea groups is 1. The maximum absolute atomic E-state index is 12.4. The van der Waals surface area contributed by atoms with E-state index in [9.17, 15) is 20.1 Å². The quantitative estimate of drug-likeness (QED) is 0.250. The summed E-state index contributed by atoms with van der Waals surface area (Å²) in [5.74, 6) is 0.729. The number of carbonyl (C=O) groups excluding carboxylic acids is 1. The number of aromatic hydroxyl groups is 1. The van der Waals surface area contributed by atoms with E-state index in [1.165, 1.54) is 6.07 Å². The molecule has 8 nitrogen and oxygen atoms in total. The summed E-state index contributed by atoms with van der Waals surface area (Å²) >= 11 is 0. The number of nitrogens with one attached hydrogen (secondary N) is 3. The number of hydrogen-bond donors (Lipinski definition) is 6. The highest BCUT2D eigenvalue weighted by molar-refractivity contribution is 5.89. The van der Waals surface area contributed by atoms with Gasteiger partial charge in [-0.3, -0.25) is 0 Å². The lowest BCUT2D eigenvalue weighted by Gasteiger charge is -2.18. The van der Waals surface area contributed by atoms with Crippen molar-refractivity contribution in [2.45, 2.75) is 38.6 Å². The van der Waals surface area contributed by atoms with Gasteiger partial charge >= 0.3 is 6.03 Å². The number of aliphatic hydroxyl groups excluding tert-OH is 2. The highest BCUT2D eigenvalue weighted by Gasteiger charge is 2.13. The van der Waals surface area contributed by atoms with Gasteiger partial charge in [0, 0.05) is 35.9 Å². The standard InChI is InChI=1S/C27H33N3O5/c1-18(28-16-25(33)20-10-11-24(32)22(14-20)17-31)12-19-6-5-8-23(13-19)30-27(34)29-15-21-7-3-4-9-26(21)35-2/h3-11,13-14,18,25,28,31-33H,12,15-17H2,1-2H3,(H2,29,30,34)/t18-,25+/m0/s1. The first-order valence-electron chi connectivity index (χ1n) is 11.5. The van der Waals surface area contributed by atoms with E-state index < -0.39 is 6.10 Å². The number of phenols is 1. The number of hydrogen-bond acceptors (Lipinski definition) is 6. The molecule has 0 spiro atoms.